The largest absolute Gasteiger partial charge is 0.459 e. The van der Waals surface area contributed by atoms with E-state index in [4.69, 9.17) is 0 Å². The Hall–Kier alpha value is -1.27. The number of alkyl halides is 7. The molecule has 0 unspecified atom stereocenters. The van der Waals surface area contributed by atoms with E-state index in [1.54, 1.807) is 6.07 Å². The molecule has 0 N–H and O–H groups in total. The summed E-state index contributed by atoms with van der Waals surface area (Å²) in [5.41, 5.74) is 0.273. The van der Waals surface area contributed by atoms with Crippen LogP contribution in [-0.4, -0.2) is 18.0 Å². The zero-order valence-corrected chi connectivity index (χ0v) is 8.95. The fourth-order valence-electron chi connectivity index (χ4n) is 1.31. The first-order valence-corrected chi connectivity index (χ1v) is 4.94. The van der Waals surface area contributed by atoms with Crippen LogP contribution in [0.2, 0.25) is 0 Å². The Labute approximate surface area is 98.4 Å². The first-order valence-electron chi connectivity index (χ1n) is 4.94. The van der Waals surface area contributed by atoms with Crippen molar-refractivity contribution in [3.63, 3.8) is 0 Å². The van der Waals surface area contributed by atoms with Crippen LogP contribution >= 0.6 is 0 Å². The predicted molar refractivity (Wildman–Crippen MR) is 50.7 cm³/mol. The van der Waals surface area contributed by atoms with Crippen molar-refractivity contribution in [3.05, 3.63) is 35.9 Å². The highest BCUT2D eigenvalue weighted by atomic mass is 19.4. The average molecular weight is 274 g/mol. The summed E-state index contributed by atoms with van der Waals surface area (Å²) >= 11 is 0. The highest BCUT2D eigenvalue weighted by molar-refractivity contribution is 5.15. The second-order valence-corrected chi connectivity index (χ2v) is 3.76. The second kappa shape index (κ2) is 4.78. The van der Waals surface area contributed by atoms with Crippen LogP contribution in [-0.2, 0) is 6.42 Å². The van der Waals surface area contributed by atoms with Crippen LogP contribution in [0, 0.1) is 0 Å². The quantitative estimate of drug-likeness (QED) is 0.711. The minimum absolute atomic E-state index is 0.273. The van der Waals surface area contributed by atoms with Gasteiger partial charge in [0.2, 0.25) is 0 Å². The van der Waals surface area contributed by atoms with Gasteiger partial charge in [0.1, 0.15) is 0 Å². The molecular formula is C11H9F7. The first-order chi connectivity index (χ1) is 8.08. The molecule has 0 aliphatic carbocycles. The zero-order chi connectivity index (χ0) is 14.0. The summed E-state index contributed by atoms with van der Waals surface area (Å²) in [6.45, 7) is 0. The SMILES string of the molecule is FC(F)(F)C(F)(F)C(F)(F)CCc1ccccc1. The molecule has 1 aromatic rings. The molecule has 0 aliphatic rings. The van der Waals surface area contributed by atoms with E-state index in [0.29, 0.717) is 0 Å². The van der Waals surface area contributed by atoms with Crippen molar-refractivity contribution < 1.29 is 30.7 Å². The van der Waals surface area contributed by atoms with Crippen LogP contribution in [0.3, 0.4) is 0 Å². The molecule has 0 aromatic heterocycles. The summed E-state index contributed by atoms with van der Waals surface area (Å²) in [4.78, 5) is 0. The monoisotopic (exact) mass is 274 g/mol. The van der Waals surface area contributed by atoms with E-state index in [0.717, 1.165) is 0 Å². The number of aryl methyl sites for hydroxylation is 1. The molecule has 0 amide bonds. The van der Waals surface area contributed by atoms with Gasteiger partial charge in [0.25, 0.3) is 0 Å². The Bertz CT molecular complexity index is 380. The molecule has 1 aromatic carbocycles. The smallest absolute Gasteiger partial charge is 0.199 e. The molecule has 7 heteroatoms. The standard InChI is InChI=1S/C11H9F7/c12-9(13,10(14,15)11(16,17)18)7-6-8-4-2-1-3-5-8/h1-5H,6-7H2. The number of rotatable bonds is 4. The highest BCUT2D eigenvalue weighted by Gasteiger charge is 2.72. The van der Waals surface area contributed by atoms with Crippen LogP contribution in [0.4, 0.5) is 30.7 Å². The van der Waals surface area contributed by atoms with Crippen molar-refractivity contribution >= 4 is 0 Å². The minimum Gasteiger partial charge on any atom is -0.199 e. The number of benzene rings is 1. The Morgan fingerprint density at radius 2 is 1.28 bits per heavy atom. The van der Waals surface area contributed by atoms with Gasteiger partial charge in [-0.3, -0.25) is 0 Å². The van der Waals surface area contributed by atoms with Crippen molar-refractivity contribution in [2.75, 3.05) is 0 Å². The molecular weight excluding hydrogens is 265 g/mol. The number of hydrogen-bond acceptors (Lipinski definition) is 0. The van der Waals surface area contributed by atoms with Gasteiger partial charge in [0, 0.05) is 6.42 Å². The Morgan fingerprint density at radius 1 is 0.778 bits per heavy atom. The van der Waals surface area contributed by atoms with E-state index in [9.17, 15) is 30.7 Å². The van der Waals surface area contributed by atoms with Crippen LogP contribution in [0.1, 0.15) is 12.0 Å². The van der Waals surface area contributed by atoms with E-state index < -0.39 is 30.9 Å². The minimum atomic E-state index is -6.26. The highest BCUT2D eigenvalue weighted by Crippen LogP contribution is 2.48. The third-order valence-electron chi connectivity index (χ3n) is 2.39. The maximum atomic E-state index is 12.9. The third-order valence-corrected chi connectivity index (χ3v) is 2.39. The van der Waals surface area contributed by atoms with Crippen LogP contribution in [0.15, 0.2) is 30.3 Å². The molecule has 0 aliphatic heterocycles. The first kappa shape index (κ1) is 14.8. The van der Waals surface area contributed by atoms with Crippen molar-refractivity contribution in [1.29, 1.82) is 0 Å². The van der Waals surface area contributed by atoms with E-state index in [-0.39, 0.29) is 5.56 Å². The van der Waals surface area contributed by atoms with E-state index >= 15 is 0 Å². The van der Waals surface area contributed by atoms with Crippen LogP contribution in [0.5, 0.6) is 0 Å². The van der Waals surface area contributed by atoms with Crippen LogP contribution < -0.4 is 0 Å². The molecule has 0 spiro atoms. The van der Waals surface area contributed by atoms with E-state index in [1.165, 1.54) is 24.3 Å². The summed E-state index contributed by atoms with van der Waals surface area (Å²) in [5.74, 6) is -11.1. The molecule has 0 radical (unpaired) electrons. The lowest BCUT2D eigenvalue weighted by Crippen LogP contribution is -2.52. The molecule has 0 heterocycles. The summed E-state index contributed by atoms with van der Waals surface area (Å²) in [7, 11) is 0. The topological polar surface area (TPSA) is 0 Å². The molecule has 1 rings (SSSR count). The Balaban J connectivity index is 2.77. The van der Waals surface area contributed by atoms with Gasteiger partial charge in [-0.1, -0.05) is 30.3 Å². The Kier molecular flexibility index (Phi) is 3.92. The molecule has 0 saturated carbocycles. The lowest BCUT2D eigenvalue weighted by atomic mass is 10.0. The van der Waals surface area contributed by atoms with Crippen molar-refractivity contribution in [2.24, 2.45) is 0 Å². The van der Waals surface area contributed by atoms with Gasteiger partial charge in [-0.25, -0.2) is 0 Å². The van der Waals surface area contributed by atoms with Crippen LogP contribution in [0.25, 0.3) is 0 Å². The van der Waals surface area contributed by atoms with E-state index in [2.05, 4.69) is 0 Å². The Morgan fingerprint density at radius 3 is 1.72 bits per heavy atom. The van der Waals surface area contributed by atoms with Gasteiger partial charge in [-0.2, -0.15) is 30.7 Å². The summed E-state index contributed by atoms with van der Waals surface area (Å²) in [6, 6.07) is 7.29. The normalized spacial score (nSPS) is 13.7. The van der Waals surface area contributed by atoms with Crippen molar-refractivity contribution in [1.82, 2.24) is 0 Å². The average Bonchev–Trinajstić information content (AvgIpc) is 2.26. The van der Waals surface area contributed by atoms with Gasteiger partial charge in [-0.05, 0) is 12.0 Å². The summed E-state index contributed by atoms with van der Waals surface area (Å²) in [6.07, 6.45) is -8.38. The number of halogens is 7. The molecule has 0 nitrogen and oxygen atoms in total. The molecule has 18 heavy (non-hydrogen) atoms. The third kappa shape index (κ3) is 2.94. The summed E-state index contributed by atoms with van der Waals surface area (Å²) in [5, 5.41) is 0. The van der Waals surface area contributed by atoms with Gasteiger partial charge >= 0.3 is 18.0 Å². The zero-order valence-electron chi connectivity index (χ0n) is 8.95. The lowest BCUT2D eigenvalue weighted by molar-refractivity contribution is -0.355. The van der Waals surface area contributed by atoms with Gasteiger partial charge in [0.05, 0.1) is 0 Å². The molecule has 0 bridgehead atoms. The lowest BCUT2D eigenvalue weighted by Gasteiger charge is -2.28. The summed E-state index contributed by atoms with van der Waals surface area (Å²) < 4.78 is 86.4. The fraction of sp³-hybridized carbons (Fsp3) is 0.455. The number of hydrogen-bond donors (Lipinski definition) is 0. The van der Waals surface area contributed by atoms with Crippen molar-refractivity contribution in [2.45, 2.75) is 30.9 Å². The van der Waals surface area contributed by atoms with Gasteiger partial charge in [-0.15, -0.1) is 0 Å². The maximum absolute atomic E-state index is 12.9. The van der Waals surface area contributed by atoms with Crippen molar-refractivity contribution in [3.8, 4) is 0 Å². The van der Waals surface area contributed by atoms with E-state index in [1.807, 2.05) is 0 Å². The maximum Gasteiger partial charge on any atom is 0.459 e. The molecule has 0 fully saturated rings. The predicted octanol–water partition coefficient (Wildman–Crippen LogP) is 4.45. The van der Waals surface area contributed by atoms with Gasteiger partial charge < -0.3 is 0 Å². The molecule has 0 atom stereocenters. The molecule has 0 saturated heterocycles. The molecule has 102 valence electrons. The fourth-order valence-corrected chi connectivity index (χ4v) is 1.31. The van der Waals surface area contributed by atoms with Gasteiger partial charge in [0.15, 0.2) is 0 Å². The second-order valence-electron chi connectivity index (χ2n) is 3.76.